The van der Waals surface area contributed by atoms with Gasteiger partial charge in [0.05, 0.1) is 12.3 Å². The largest absolute Gasteiger partial charge is 0.252 e. The van der Waals surface area contributed by atoms with Gasteiger partial charge in [-0.3, -0.25) is 4.68 Å². The highest BCUT2D eigenvalue weighted by atomic mass is 15.4. The molecule has 0 saturated heterocycles. The number of aromatic nitrogens is 3. The summed E-state index contributed by atoms with van der Waals surface area (Å²) >= 11 is 0. The van der Waals surface area contributed by atoms with Crippen molar-refractivity contribution in [3.05, 3.63) is 11.9 Å². The average molecular weight is 188 g/mol. The Bertz CT molecular complexity index is 392. The molecule has 0 aromatic carbocycles. The molecule has 4 heteroatoms. The molecule has 14 heavy (non-hydrogen) atoms. The van der Waals surface area contributed by atoms with Crippen LogP contribution in [0, 0.1) is 17.2 Å². The van der Waals surface area contributed by atoms with Crippen LogP contribution in [0.4, 0.5) is 0 Å². The zero-order valence-electron chi connectivity index (χ0n) is 7.98. The highest BCUT2D eigenvalue weighted by molar-refractivity contribution is 5.31. The van der Waals surface area contributed by atoms with E-state index in [1.54, 1.807) is 0 Å². The molecule has 0 radical (unpaired) electrons. The second-order valence-electron chi connectivity index (χ2n) is 4.46. The van der Waals surface area contributed by atoms with E-state index in [0.717, 1.165) is 31.0 Å². The van der Waals surface area contributed by atoms with Gasteiger partial charge < -0.3 is 0 Å². The number of hydrogen-bond acceptors (Lipinski definition) is 3. The van der Waals surface area contributed by atoms with Crippen LogP contribution in [0.1, 0.15) is 31.4 Å². The Kier molecular flexibility index (Phi) is 1.46. The maximum atomic E-state index is 8.99. The summed E-state index contributed by atoms with van der Waals surface area (Å²) in [5.74, 6) is 0.807. The van der Waals surface area contributed by atoms with E-state index in [1.165, 1.54) is 12.8 Å². The number of nitriles is 1. The third-order valence-corrected chi connectivity index (χ3v) is 3.14. The molecule has 3 rings (SSSR count). The lowest BCUT2D eigenvalue weighted by atomic mass is 10.1. The fourth-order valence-corrected chi connectivity index (χ4v) is 1.72. The van der Waals surface area contributed by atoms with Gasteiger partial charge in [0.15, 0.2) is 0 Å². The van der Waals surface area contributed by atoms with Gasteiger partial charge in [0.25, 0.3) is 0 Å². The van der Waals surface area contributed by atoms with Gasteiger partial charge in [-0.1, -0.05) is 5.21 Å². The molecule has 0 unspecified atom stereocenters. The molecule has 2 saturated carbocycles. The van der Waals surface area contributed by atoms with Gasteiger partial charge in [0, 0.05) is 6.54 Å². The molecule has 1 aromatic rings. The third-order valence-electron chi connectivity index (χ3n) is 3.14. The first-order valence-corrected chi connectivity index (χ1v) is 5.14. The van der Waals surface area contributed by atoms with Crippen LogP contribution in [-0.4, -0.2) is 15.0 Å². The van der Waals surface area contributed by atoms with Gasteiger partial charge >= 0.3 is 0 Å². The first-order chi connectivity index (χ1) is 6.82. The third kappa shape index (κ3) is 1.20. The molecule has 0 N–H and O–H groups in total. The van der Waals surface area contributed by atoms with Gasteiger partial charge in [-0.2, -0.15) is 5.26 Å². The molecule has 0 amide bonds. The SMILES string of the molecule is N#CC1(c2cn(CC3CC3)nn2)CC1. The average Bonchev–Trinajstić information content (AvgIpc) is 3.08. The maximum Gasteiger partial charge on any atom is 0.103 e. The van der Waals surface area contributed by atoms with E-state index < -0.39 is 0 Å². The Balaban J connectivity index is 1.80. The first kappa shape index (κ1) is 7.98. The molecular formula is C10H12N4. The van der Waals surface area contributed by atoms with E-state index >= 15 is 0 Å². The summed E-state index contributed by atoms with van der Waals surface area (Å²) < 4.78 is 1.89. The number of rotatable bonds is 3. The van der Waals surface area contributed by atoms with E-state index in [1.807, 2.05) is 10.9 Å². The van der Waals surface area contributed by atoms with Gasteiger partial charge in [0.1, 0.15) is 11.1 Å². The molecule has 2 aliphatic carbocycles. The van der Waals surface area contributed by atoms with Crippen molar-refractivity contribution in [3.63, 3.8) is 0 Å². The van der Waals surface area contributed by atoms with Crippen molar-refractivity contribution in [1.29, 1.82) is 5.26 Å². The fourth-order valence-electron chi connectivity index (χ4n) is 1.72. The predicted molar refractivity (Wildman–Crippen MR) is 49.3 cm³/mol. The Morgan fingerprint density at radius 2 is 2.36 bits per heavy atom. The minimum absolute atomic E-state index is 0.276. The molecule has 4 nitrogen and oxygen atoms in total. The molecule has 2 aliphatic rings. The van der Waals surface area contributed by atoms with Gasteiger partial charge in [-0.15, -0.1) is 5.10 Å². The van der Waals surface area contributed by atoms with Crippen molar-refractivity contribution >= 4 is 0 Å². The van der Waals surface area contributed by atoms with E-state index in [0.29, 0.717) is 0 Å². The molecule has 0 aliphatic heterocycles. The Hall–Kier alpha value is -1.37. The van der Waals surface area contributed by atoms with Crippen LogP contribution in [-0.2, 0) is 12.0 Å². The van der Waals surface area contributed by atoms with Gasteiger partial charge in [-0.25, -0.2) is 0 Å². The molecule has 0 spiro atoms. The van der Waals surface area contributed by atoms with Crippen LogP contribution in [0.2, 0.25) is 0 Å². The summed E-state index contributed by atoms with van der Waals surface area (Å²) in [5, 5.41) is 17.1. The predicted octanol–water partition coefficient (Wildman–Crippen LogP) is 1.24. The van der Waals surface area contributed by atoms with Crippen LogP contribution in [0.3, 0.4) is 0 Å². The summed E-state index contributed by atoms with van der Waals surface area (Å²) in [6, 6.07) is 2.34. The van der Waals surface area contributed by atoms with Crippen LogP contribution < -0.4 is 0 Å². The lowest BCUT2D eigenvalue weighted by Gasteiger charge is -1.97. The lowest BCUT2D eigenvalue weighted by Crippen LogP contribution is -2.03. The van der Waals surface area contributed by atoms with E-state index in [9.17, 15) is 0 Å². The van der Waals surface area contributed by atoms with Crippen LogP contribution >= 0.6 is 0 Å². The van der Waals surface area contributed by atoms with Crippen LogP contribution in [0.25, 0.3) is 0 Å². The quantitative estimate of drug-likeness (QED) is 0.717. The molecule has 1 aromatic heterocycles. The molecular weight excluding hydrogens is 176 g/mol. The van der Waals surface area contributed by atoms with Crippen molar-refractivity contribution in [2.45, 2.75) is 37.6 Å². The number of nitrogens with zero attached hydrogens (tertiary/aromatic N) is 4. The zero-order valence-corrected chi connectivity index (χ0v) is 7.98. The smallest absolute Gasteiger partial charge is 0.103 e. The highest BCUT2D eigenvalue weighted by Crippen LogP contribution is 2.46. The first-order valence-electron chi connectivity index (χ1n) is 5.14. The van der Waals surface area contributed by atoms with Crippen molar-refractivity contribution in [1.82, 2.24) is 15.0 Å². The minimum atomic E-state index is -0.276. The molecule has 0 atom stereocenters. The van der Waals surface area contributed by atoms with E-state index in [-0.39, 0.29) is 5.41 Å². The van der Waals surface area contributed by atoms with E-state index in [2.05, 4.69) is 16.4 Å². The summed E-state index contributed by atoms with van der Waals surface area (Å²) in [7, 11) is 0. The molecule has 0 bridgehead atoms. The van der Waals surface area contributed by atoms with Crippen molar-refractivity contribution in [2.75, 3.05) is 0 Å². The Morgan fingerprint density at radius 1 is 1.57 bits per heavy atom. The normalized spacial score (nSPS) is 23.1. The topological polar surface area (TPSA) is 54.5 Å². The van der Waals surface area contributed by atoms with Crippen LogP contribution in [0.15, 0.2) is 6.20 Å². The zero-order chi connectivity index (χ0) is 9.60. The molecule has 72 valence electrons. The summed E-state index contributed by atoms with van der Waals surface area (Å²) in [6.45, 7) is 0.981. The van der Waals surface area contributed by atoms with Gasteiger partial charge in [-0.05, 0) is 31.6 Å². The molecule has 2 fully saturated rings. The Labute approximate surface area is 82.5 Å². The van der Waals surface area contributed by atoms with Crippen molar-refractivity contribution in [2.24, 2.45) is 5.92 Å². The fraction of sp³-hybridized carbons (Fsp3) is 0.700. The summed E-state index contributed by atoms with van der Waals surface area (Å²) in [6.07, 6.45) is 6.49. The maximum absolute atomic E-state index is 8.99. The highest BCUT2D eigenvalue weighted by Gasteiger charge is 2.47. The lowest BCUT2D eigenvalue weighted by molar-refractivity contribution is 0.544. The van der Waals surface area contributed by atoms with Crippen molar-refractivity contribution in [3.8, 4) is 6.07 Å². The van der Waals surface area contributed by atoms with Crippen molar-refractivity contribution < 1.29 is 0 Å². The second kappa shape index (κ2) is 2.57. The van der Waals surface area contributed by atoms with E-state index in [4.69, 9.17) is 5.26 Å². The standard InChI is InChI=1S/C10H12N4/c11-7-10(3-4-10)9-6-14(13-12-9)5-8-1-2-8/h6,8H,1-5H2. The summed E-state index contributed by atoms with van der Waals surface area (Å²) in [4.78, 5) is 0. The second-order valence-corrected chi connectivity index (χ2v) is 4.46. The van der Waals surface area contributed by atoms with Crippen LogP contribution in [0.5, 0.6) is 0 Å². The van der Waals surface area contributed by atoms with Gasteiger partial charge in [0.2, 0.25) is 0 Å². The monoisotopic (exact) mass is 188 g/mol. The summed E-state index contributed by atoms with van der Waals surface area (Å²) in [5.41, 5.74) is 0.600. The Morgan fingerprint density at radius 3 is 2.93 bits per heavy atom. The minimum Gasteiger partial charge on any atom is -0.252 e. The number of hydrogen-bond donors (Lipinski definition) is 0. The molecule has 1 heterocycles.